The molecule has 5 nitrogen and oxygen atoms in total. The Balaban J connectivity index is 1.65. The van der Waals surface area contributed by atoms with Crippen molar-refractivity contribution in [3.8, 4) is 0 Å². The SMILES string of the molecule is CCc1ccc(N2C[C@@H](C(=O)N3CC[NH+](C)CC3)CC2=O)cc1. The molecular weight excluding hydrogens is 290 g/mol. The molecule has 5 heteroatoms. The lowest BCUT2D eigenvalue weighted by molar-refractivity contribution is -0.883. The molecule has 0 aliphatic carbocycles. The first kappa shape index (κ1) is 16.0. The Kier molecular flexibility index (Phi) is 4.66. The van der Waals surface area contributed by atoms with E-state index in [4.69, 9.17) is 0 Å². The van der Waals surface area contributed by atoms with Crippen molar-refractivity contribution in [1.82, 2.24) is 4.90 Å². The summed E-state index contributed by atoms with van der Waals surface area (Å²) in [5.74, 6) is 0.0256. The van der Waals surface area contributed by atoms with Crippen molar-refractivity contribution in [2.75, 3.05) is 44.7 Å². The minimum absolute atomic E-state index is 0.0624. The Morgan fingerprint density at radius 3 is 2.48 bits per heavy atom. The molecule has 1 N–H and O–H groups in total. The number of hydrogen-bond acceptors (Lipinski definition) is 2. The number of likely N-dealkylation sites (N-methyl/N-ethyl adjacent to an activating group) is 1. The fourth-order valence-electron chi connectivity index (χ4n) is 3.40. The van der Waals surface area contributed by atoms with Gasteiger partial charge in [-0.3, -0.25) is 9.59 Å². The minimum atomic E-state index is -0.188. The maximum Gasteiger partial charge on any atom is 0.228 e. The van der Waals surface area contributed by atoms with Gasteiger partial charge >= 0.3 is 0 Å². The van der Waals surface area contributed by atoms with Crippen LogP contribution >= 0.6 is 0 Å². The molecule has 2 aliphatic rings. The number of amides is 2. The number of benzene rings is 1. The predicted molar refractivity (Wildman–Crippen MR) is 89.5 cm³/mol. The van der Waals surface area contributed by atoms with Gasteiger partial charge in [-0.1, -0.05) is 19.1 Å². The van der Waals surface area contributed by atoms with Crippen LogP contribution in [0, 0.1) is 5.92 Å². The van der Waals surface area contributed by atoms with Gasteiger partial charge in [-0.15, -0.1) is 0 Å². The first-order valence-electron chi connectivity index (χ1n) is 8.58. The monoisotopic (exact) mass is 316 g/mol. The molecule has 2 aliphatic heterocycles. The minimum Gasteiger partial charge on any atom is -0.334 e. The second-order valence-corrected chi connectivity index (χ2v) is 6.71. The molecule has 1 aromatic rings. The van der Waals surface area contributed by atoms with Crippen molar-refractivity contribution >= 4 is 17.5 Å². The summed E-state index contributed by atoms with van der Waals surface area (Å²) in [6.45, 7) is 6.23. The highest BCUT2D eigenvalue weighted by molar-refractivity contribution is 6.00. The fraction of sp³-hybridized carbons (Fsp3) is 0.556. The molecule has 0 unspecified atom stereocenters. The van der Waals surface area contributed by atoms with Crippen LogP contribution in [0.3, 0.4) is 0 Å². The third kappa shape index (κ3) is 3.39. The molecule has 2 saturated heterocycles. The molecule has 0 spiro atoms. The van der Waals surface area contributed by atoms with Crippen LogP contribution in [0.2, 0.25) is 0 Å². The molecule has 3 rings (SSSR count). The topological polar surface area (TPSA) is 45.1 Å². The first-order valence-corrected chi connectivity index (χ1v) is 8.58. The summed E-state index contributed by atoms with van der Waals surface area (Å²) in [6.07, 6.45) is 1.33. The van der Waals surface area contributed by atoms with Gasteiger partial charge in [-0.25, -0.2) is 0 Å². The number of quaternary nitrogens is 1. The highest BCUT2D eigenvalue weighted by Crippen LogP contribution is 2.26. The van der Waals surface area contributed by atoms with E-state index >= 15 is 0 Å². The van der Waals surface area contributed by atoms with E-state index in [1.54, 1.807) is 4.90 Å². The standard InChI is InChI=1S/C18H25N3O2/c1-3-14-4-6-16(7-5-14)21-13-15(12-17(21)22)18(23)20-10-8-19(2)9-11-20/h4-7,15H,3,8-13H2,1-2H3/p+1/t15-/m0/s1. The van der Waals surface area contributed by atoms with Crippen LogP contribution in [0.5, 0.6) is 0 Å². The van der Waals surface area contributed by atoms with Crippen molar-refractivity contribution in [1.29, 1.82) is 0 Å². The number of anilines is 1. The largest absolute Gasteiger partial charge is 0.334 e. The molecule has 2 heterocycles. The van der Waals surface area contributed by atoms with Gasteiger partial charge in [0.05, 0.1) is 39.1 Å². The highest BCUT2D eigenvalue weighted by Gasteiger charge is 2.38. The van der Waals surface area contributed by atoms with Crippen LogP contribution in [-0.4, -0.2) is 56.5 Å². The molecule has 0 radical (unpaired) electrons. The Labute approximate surface area is 137 Å². The molecule has 0 saturated carbocycles. The second kappa shape index (κ2) is 6.71. The zero-order chi connectivity index (χ0) is 16.4. The van der Waals surface area contributed by atoms with E-state index in [1.165, 1.54) is 10.5 Å². The molecule has 2 fully saturated rings. The van der Waals surface area contributed by atoms with Gasteiger partial charge in [-0.05, 0) is 24.1 Å². The van der Waals surface area contributed by atoms with Gasteiger partial charge in [0.2, 0.25) is 11.8 Å². The van der Waals surface area contributed by atoms with Gasteiger partial charge in [0, 0.05) is 18.7 Å². The van der Waals surface area contributed by atoms with Crippen molar-refractivity contribution in [3.05, 3.63) is 29.8 Å². The maximum atomic E-state index is 12.7. The Hall–Kier alpha value is -1.88. The number of nitrogens with one attached hydrogen (secondary N) is 1. The van der Waals surface area contributed by atoms with Crippen LogP contribution in [0.1, 0.15) is 18.9 Å². The van der Waals surface area contributed by atoms with E-state index in [0.717, 1.165) is 38.3 Å². The van der Waals surface area contributed by atoms with Crippen LogP contribution in [0.15, 0.2) is 24.3 Å². The number of carbonyl (C=O) groups excluding carboxylic acids is 2. The summed E-state index contributed by atoms with van der Waals surface area (Å²) in [5.41, 5.74) is 2.17. The number of nitrogens with zero attached hydrogens (tertiary/aromatic N) is 2. The van der Waals surface area contributed by atoms with Crippen molar-refractivity contribution < 1.29 is 14.5 Å². The fourth-order valence-corrected chi connectivity index (χ4v) is 3.40. The number of piperazine rings is 1. The van der Waals surface area contributed by atoms with Gasteiger partial charge in [0.25, 0.3) is 0 Å². The number of rotatable bonds is 3. The van der Waals surface area contributed by atoms with E-state index in [0.29, 0.717) is 13.0 Å². The van der Waals surface area contributed by atoms with Crippen LogP contribution in [0.25, 0.3) is 0 Å². The van der Waals surface area contributed by atoms with Gasteiger partial charge in [0.15, 0.2) is 0 Å². The average molecular weight is 316 g/mol. The van der Waals surface area contributed by atoms with Crippen molar-refractivity contribution in [3.63, 3.8) is 0 Å². The lowest BCUT2D eigenvalue weighted by atomic mass is 10.1. The summed E-state index contributed by atoms with van der Waals surface area (Å²) in [7, 11) is 2.16. The smallest absolute Gasteiger partial charge is 0.228 e. The second-order valence-electron chi connectivity index (χ2n) is 6.71. The summed E-state index contributed by atoms with van der Waals surface area (Å²) >= 11 is 0. The number of aryl methyl sites for hydroxylation is 1. The maximum absolute atomic E-state index is 12.7. The average Bonchev–Trinajstić information content (AvgIpc) is 2.97. The summed E-state index contributed by atoms with van der Waals surface area (Å²) in [5, 5.41) is 0. The van der Waals surface area contributed by atoms with Gasteiger partial charge < -0.3 is 14.7 Å². The van der Waals surface area contributed by atoms with Crippen LogP contribution < -0.4 is 9.80 Å². The van der Waals surface area contributed by atoms with Gasteiger partial charge in [-0.2, -0.15) is 0 Å². The molecule has 1 atom stereocenters. The van der Waals surface area contributed by atoms with E-state index < -0.39 is 0 Å². The lowest BCUT2D eigenvalue weighted by Gasteiger charge is -2.31. The zero-order valence-electron chi connectivity index (χ0n) is 14.0. The Morgan fingerprint density at radius 2 is 1.87 bits per heavy atom. The number of carbonyl (C=O) groups is 2. The Morgan fingerprint density at radius 1 is 1.22 bits per heavy atom. The molecule has 0 bridgehead atoms. The first-order chi connectivity index (χ1) is 11.1. The third-order valence-corrected chi connectivity index (χ3v) is 5.06. The van der Waals surface area contributed by atoms with Crippen LogP contribution in [-0.2, 0) is 16.0 Å². The van der Waals surface area contributed by atoms with Crippen molar-refractivity contribution in [2.45, 2.75) is 19.8 Å². The third-order valence-electron chi connectivity index (χ3n) is 5.06. The molecular formula is C18H26N3O2+. The number of hydrogen-bond donors (Lipinski definition) is 1. The van der Waals surface area contributed by atoms with Gasteiger partial charge in [0.1, 0.15) is 0 Å². The summed E-state index contributed by atoms with van der Waals surface area (Å²) in [6, 6.07) is 8.09. The normalized spacial score (nSPS) is 22.7. The molecule has 0 aromatic heterocycles. The summed E-state index contributed by atoms with van der Waals surface area (Å²) < 4.78 is 0. The zero-order valence-corrected chi connectivity index (χ0v) is 14.0. The van der Waals surface area contributed by atoms with Crippen LogP contribution in [0.4, 0.5) is 5.69 Å². The quantitative estimate of drug-likeness (QED) is 0.850. The Bertz CT molecular complexity index is 576. The summed E-state index contributed by atoms with van der Waals surface area (Å²) in [4.78, 5) is 30.2. The lowest BCUT2D eigenvalue weighted by Crippen LogP contribution is -3.12. The molecule has 23 heavy (non-hydrogen) atoms. The van der Waals surface area contributed by atoms with E-state index in [1.807, 2.05) is 17.0 Å². The highest BCUT2D eigenvalue weighted by atomic mass is 16.2. The van der Waals surface area contributed by atoms with E-state index in [-0.39, 0.29) is 17.7 Å². The molecule has 1 aromatic carbocycles. The predicted octanol–water partition coefficient (Wildman–Crippen LogP) is -0.0412. The van der Waals surface area contributed by atoms with E-state index in [2.05, 4.69) is 26.1 Å². The molecule has 2 amide bonds. The van der Waals surface area contributed by atoms with E-state index in [9.17, 15) is 9.59 Å². The van der Waals surface area contributed by atoms with Crippen molar-refractivity contribution in [2.24, 2.45) is 5.92 Å². The molecule has 124 valence electrons.